The summed E-state index contributed by atoms with van der Waals surface area (Å²) in [4.78, 5) is 15.2. The number of nitrogens with zero attached hydrogens (tertiary/aromatic N) is 3. The number of carbonyl (C=O) groups is 1. The number of aromatic amines is 1. The van der Waals surface area contributed by atoms with Crippen molar-refractivity contribution in [2.75, 3.05) is 19.7 Å². The lowest BCUT2D eigenvalue weighted by Crippen LogP contribution is -2.48. The largest absolute Gasteiger partial charge is 0.368 e. The van der Waals surface area contributed by atoms with E-state index in [4.69, 9.17) is 9.26 Å². The summed E-state index contributed by atoms with van der Waals surface area (Å²) in [5, 5.41) is 11.5. The Morgan fingerprint density at radius 1 is 1.21 bits per heavy atom. The van der Waals surface area contributed by atoms with Crippen molar-refractivity contribution < 1.29 is 14.1 Å². The highest BCUT2D eigenvalue weighted by Gasteiger charge is 2.43. The molecule has 1 N–H and O–H groups in total. The van der Waals surface area contributed by atoms with Crippen LogP contribution in [0, 0.1) is 6.92 Å². The molecule has 2 aromatic heterocycles. The van der Waals surface area contributed by atoms with Gasteiger partial charge in [-0.2, -0.15) is 5.10 Å². The Hall–Kier alpha value is -2.93. The number of ether oxygens (including phenoxy) is 1. The Morgan fingerprint density at radius 3 is 2.79 bits per heavy atom. The molecule has 7 nitrogen and oxygen atoms in total. The Bertz CT molecular complexity index is 1000. The monoisotopic (exact) mass is 378 g/mol. The van der Waals surface area contributed by atoms with Gasteiger partial charge < -0.3 is 14.2 Å². The average molecular weight is 378 g/mol. The molecule has 5 rings (SSSR count). The van der Waals surface area contributed by atoms with Crippen LogP contribution < -0.4 is 0 Å². The van der Waals surface area contributed by atoms with E-state index in [0.717, 1.165) is 30.5 Å². The van der Waals surface area contributed by atoms with Crippen LogP contribution in [0.1, 0.15) is 40.2 Å². The van der Waals surface area contributed by atoms with Gasteiger partial charge in [0.2, 0.25) is 0 Å². The van der Waals surface area contributed by atoms with E-state index < -0.39 is 0 Å². The summed E-state index contributed by atoms with van der Waals surface area (Å²) in [5.74, 6) is 0.516. The van der Waals surface area contributed by atoms with E-state index in [2.05, 4.69) is 15.4 Å². The molecule has 2 aliphatic heterocycles. The number of piperidine rings is 1. The molecule has 1 spiro atoms. The molecule has 0 aliphatic carbocycles. The number of aryl methyl sites for hydroxylation is 1. The molecule has 3 aromatic rings. The Balaban J connectivity index is 1.39. The van der Waals surface area contributed by atoms with Crippen molar-refractivity contribution >= 4 is 5.91 Å². The van der Waals surface area contributed by atoms with Crippen molar-refractivity contribution in [3.05, 3.63) is 59.1 Å². The zero-order valence-electron chi connectivity index (χ0n) is 15.8. The number of carbonyl (C=O) groups excluding carboxylic acids is 1. The number of nitrogens with one attached hydrogen (secondary N) is 1. The molecule has 4 heterocycles. The Kier molecular flexibility index (Phi) is 4.05. The van der Waals surface area contributed by atoms with Crippen molar-refractivity contribution in [1.29, 1.82) is 0 Å². The first-order valence-electron chi connectivity index (χ1n) is 9.66. The number of aromatic nitrogens is 3. The molecule has 1 fully saturated rings. The number of hydrogen-bond acceptors (Lipinski definition) is 5. The van der Waals surface area contributed by atoms with Gasteiger partial charge in [0.05, 0.1) is 18.5 Å². The van der Waals surface area contributed by atoms with Gasteiger partial charge >= 0.3 is 0 Å². The maximum absolute atomic E-state index is 13.3. The van der Waals surface area contributed by atoms with Crippen molar-refractivity contribution in [2.45, 2.75) is 31.8 Å². The van der Waals surface area contributed by atoms with Crippen molar-refractivity contribution in [3.8, 4) is 11.3 Å². The summed E-state index contributed by atoms with van der Waals surface area (Å²) in [5.41, 5.74) is 3.99. The first-order chi connectivity index (χ1) is 13.7. The quantitative estimate of drug-likeness (QED) is 0.741. The van der Waals surface area contributed by atoms with Gasteiger partial charge in [-0.3, -0.25) is 9.89 Å². The fourth-order valence-electron chi connectivity index (χ4n) is 4.36. The molecular weight excluding hydrogens is 356 g/mol. The zero-order valence-corrected chi connectivity index (χ0v) is 15.8. The first kappa shape index (κ1) is 17.2. The van der Waals surface area contributed by atoms with Crippen molar-refractivity contribution in [2.24, 2.45) is 0 Å². The normalized spacial score (nSPS) is 18.2. The molecule has 0 bridgehead atoms. The molecule has 0 atom stereocenters. The van der Waals surface area contributed by atoms with Crippen LogP contribution in [0.4, 0.5) is 0 Å². The van der Waals surface area contributed by atoms with Gasteiger partial charge in [-0.25, -0.2) is 0 Å². The second-order valence-corrected chi connectivity index (χ2v) is 7.48. The molecule has 2 aliphatic rings. The maximum Gasteiger partial charge on any atom is 0.259 e. The number of H-pyrrole nitrogens is 1. The number of fused-ring (bicyclic) bond motifs is 2. The van der Waals surface area contributed by atoms with Gasteiger partial charge in [0.15, 0.2) is 0 Å². The fraction of sp³-hybridized carbons (Fsp3) is 0.381. The lowest BCUT2D eigenvalue weighted by molar-refractivity contribution is -0.0962. The maximum atomic E-state index is 13.3. The molecule has 144 valence electrons. The van der Waals surface area contributed by atoms with E-state index >= 15 is 0 Å². The van der Waals surface area contributed by atoms with Gasteiger partial charge in [0.1, 0.15) is 22.6 Å². The number of amides is 1. The van der Waals surface area contributed by atoms with Crippen LogP contribution >= 0.6 is 0 Å². The number of benzene rings is 1. The molecule has 7 heteroatoms. The van der Waals surface area contributed by atoms with Crippen molar-refractivity contribution in [1.82, 2.24) is 20.3 Å². The first-order valence-corrected chi connectivity index (χ1v) is 9.66. The van der Waals surface area contributed by atoms with E-state index in [-0.39, 0.29) is 11.5 Å². The second-order valence-electron chi connectivity index (χ2n) is 7.48. The van der Waals surface area contributed by atoms with E-state index in [1.165, 1.54) is 5.56 Å². The Morgan fingerprint density at radius 2 is 2.00 bits per heavy atom. The topological polar surface area (TPSA) is 84.2 Å². The van der Waals surface area contributed by atoms with Gasteiger partial charge in [-0.05, 0) is 31.7 Å². The molecule has 1 saturated heterocycles. The van der Waals surface area contributed by atoms with Crippen LogP contribution in [-0.4, -0.2) is 45.9 Å². The minimum Gasteiger partial charge on any atom is -0.368 e. The van der Waals surface area contributed by atoms with Crippen LogP contribution in [0.25, 0.3) is 11.3 Å². The van der Waals surface area contributed by atoms with E-state index in [1.807, 2.05) is 41.4 Å². The highest BCUT2D eigenvalue weighted by Crippen LogP contribution is 2.40. The summed E-state index contributed by atoms with van der Waals surface area (Å²) in [6.07, 6.45) is 4.28. The smallest absolute Gasteiger partial charge is 0.259 e. The van der Waals surface area contributed by atoms with Crippen LogP contribution in [0.3, 0.4) is 0 Å². The summed E-state index contributed by atoms with van der Waals surface area (Å²) in [6.45, 7) is 3.73. The minimum atomic E-state index is -0.354. The average Bonchev–Trinajstić information content (AvgIpc) is 3.36. The highest BCUT2D eigenvalue weighted by molar-refractivity contribution is 6.00. The summed E-state index contributed by atoms with van der Waals surface area (Å²) in [6, 6.07) is 9.68. The number of rotatable bonds is 2. The third kappa shape index (κ3) is 2.65. The SMILES string of the molecule is Cc1onc(-c2ccccc2)c1C(=O)N1CCC2(CC1)OCCc1cn[nH]c12. The lowest BCUT2D eigenvalue weighted by atomic mass is 9.83. The molecule has 0 radical (unpaired) electrons. The Labute approximate surface area is 162 Å². The molecule has 28 heavy (non-hydrogen) atoms. The number of likely N-dealkylation sites (tertiary alicyclic amines) is 1. The van der Waals surface area contributed by atoms with E-state index in [9.17, 15) is 4.79 Å². The van der Waals surface area contributed by atoms with Crippen LogP contribution in [0.5, 0.6) is 0 Å². The van der Waals surface area contributed by atoms with Gasteiger partial charge in [-0.1, -0.05) is 35.5 Å². The third-order valence-electron chi connectivity index (χ3n) is 5.91. The summed E-state index contributed by atoms with van der Waals surface area (Å²) in [7, 11) is 0. The standard InChI is InChI=1S/C21H22N4O3/c1-14-17(18(24-28-14)15-5-3-2-4-6-15)20(26)25-10-8-21(9-11-25)19-16(7-12-27-21)13-22-23-19/h2-6,13H,7-12H2,1H3,(H,22,23). The van der Waals surface area contributed by atoms with Gasteiger partial charge in [0, 0.05) is 18.7 Å². The predicted molar refractivity (Wildman–Crippen MR) is 102 cm³/mol. The molecule has 1 amide bonds. The van der Waals surface area contributed by atoms with Crippen molar-refractivity contribution in [3.63, 3.8) is 0 Å². The fourth-order valence-corrected chi connectivity index (χ4v) is 4.36. The van der Waals surface area contributed by atoms with E-state index in [0.29, 0.717) is 36.7 Å². The lowest BCUT2D eigenvalue weighted by Gasteiger charge is -2.43. The number of hydrogen-bond donors (Lipinski definition) is 1. The molecule has 0 unspecified atom stereocenters. The molecular formula is C21H22N4O3. The summed E-state index contributed by atoms with van der Waals surface area (Å²) >= 11 is 0. The van der Waals surface area contributed by atoms with Gasteiger partial charge in [-0.15, -0.1) is 0 Å². The molecule has 1 aromatic carbocycles. The molecule has 0 saturated carbocycles. The van der Waals surface area contributed by atoms with Crippen LogP contribution in [0.2, 0.25) is 0 Å². The third-order valence-corrected chi connectivity index (χ3v) is 5.91. The second kappa shape index (κ2) is 6.60. The highest BCUT2D eigenvalue weighted by atomic mass is 16.5. The van der Waals surface area contributed by atoms with Crippen LogP contribution in [0.15, 0.2) is 41.1 Å². The van der Waals surface area contributed by atoms with E-state index in [1.54, 1.807) is 6.92 Å². The minimum absolute atomic E-state index is 0.0342. The zero-order chi connectivity index (χ0) is 19.1. The van der Waals surface area contributed by atoms with Crippen LogP contribution in [-0.2, 0) is 16.8 Å². The summed E-state index contributed by atoms with van der Waals surface area (Å²) < 4.78 is 11.6. The predicted octanol–water partition coefficient (Wildman–Crippen LogP) is 3.08. The van der Waals surface area contributed by atoms with Gasteiger partial charge in [0.25, 0.3) is 5.91 Å².